The van der Waals surface area contributed by atoms with Crippen LogP contribution in [0, 0.1) is 0 Å². The largest absolute Gasteiger partial charge is 0.494 e. The van der Waals surface area contributed by atoms with Crippen molar-refractivity contribution in [3.63, 3.8) is 0 Å². The van der Waals surface area contributed by atoms with Crippen molar-refractivity contribution in [2.75, 3.05) is 13.2 Å². The highest BCUT2D eigenvalue weighted by Gasteiger charge is 2.11. The Balaban J connectivity index is 1.07. The van der Waals surface area contributed by atoms with Crippen molar-refractivity contribution in [2.45, 2.75) is 136 Å². The molecule has 0 atom stereocenters. The summed E-state index contributed by atoms with van der Waals surface area (Å²) in [6, 6.07) is 31.1. The van der Waals surface area contributed by atoms with Gasteiger partial charge in [-0.15, -0.1) is 0 Å². The first-order valence-electron chi connectivity index (χ1n) is 21.1. The predicted molar refractivity (Wildman–Crippen MR) is 225 cm³/mol. The molecule has 4 aromatic rings. The molecule has 0 radical (unpaired) electrons. The fourth-order valence-corrected chi connectivity index (χ4v) is 6.51. The van der Waals surface area contributed by atoms with Gasteiger partial charge in [0.05, 0.1) is 13.2 Å². The first-order valence-corrected chi connectivity index (χ1v) is 21.1. The first-order chi connectivity index (χ1) is 27.0. The predicted octanol–water partition coefficient (Wildman–Crippen LogP) is 13.7. The lowest BCUT2D eigenvalue weighted by Gasteiger charge is -2.09. The lowest BCUT2D eigenvalue weighted by atomic mass is 10.1. The second kappa shape index (κ2) is 26.3. The molecule has 6 nitrogen and oxygen atoms in total. The Morgan fingerprint density at radius 3 is 0.927 bits per heavy atom. The summed E-state index contributed by atoms with van der Waals surface area (Å²) in [5.41, 5.74) is 4.18. The van der Waals surface area contributed by atoms with E-state index in [-0.39, 0.29) is 24.8 Å². The zero-order chi connectivity index (χ0) is 38.8. The van der Waals surface area contributed by atoms with Gasteiger partial charge in [-0.3, -0.25) is 9.59 Å². The molecule has 4 aromatic carbocycles. The van der Waals surface area contributed by atoms with Crippen LogP contribution in [0.3, 0.4) is 0 Å². The average Bonchev–Trinajstić information content (AvgIpc) is 3.21. The molecule has 0 spiro atoms. The summed E-state index contributed by atoms with van der Waals surface area (Å²) < 4.78 is 22.9. The van der Waals surface area contributed by atoms with Crippen molar-refractivity contribution >= 4 is 11.9 Å². The van der Waals surface area contributed by atoms with Gasteiger partial charge in [0.1, 0.15) is 23.0 Å². The van der Waals surface area contributed by atoms with Gasteiger partial charge in [-0.2, -0.15) is 0 Å². The zero-order valence-corrected chi connectivity index (χ0v) is 33.5. The van der Waals surface area contributed by atoms with E-state index < -0.39 is 0 Å². The van der Waals surface area contributed by atoms with Crippen LogP contribution in [-0.2, 0) is 9.59 Å². The van der Waals surface area contributed by atoms with Crippen LogP contribution < -0.4 is 18.9 Å². The van der Waals surface area contributed by atoms with Crippen LogP contribution >= 0.6 is 0 Å². The van der Waals surface area contributed by atoms with E-state index in [0.29, 0.717) is 17.9 Å². The first kappa shape index (κ1) is 43.2. The molecule has 0 aliphatic carbocycles. The van der Waals surface area contributed by atoms with Gasteiger partial charge < -0.3 is 18.9 Å². The number of carbonyl (C=O) groups is 2. The average molecular weight is 749 g/mol. The van der Waals surface area contributed by atoms with Crippen molar-refractivity contribution < 1.29 is 28.5 Å². The van der Waals surface area contributed by atoms with E-state index in [2.05, 4.69) is 13.8 Å². The Labute approximate surface area is 331 Å². The van der Waals surface area contributed by atoms with Crippen LogP contribution in [0.5, 0.6) is 23.0 Å². The van der Waals surface area contributed by atoms with Gasteiger partial charge in [-0.05, 0) is 90.0 Å². The van der Waals surface area contributed by atoms with E-state index in [1.54, 1.807) is 24.3 Å². The third-order valence-corrected chi connectivity index (χ3v) is 9.84. The lowest BCUT2D eigenvalue weighted by molar-refractivity contribution is -0.136. The molecule has 0 aliphatic rings. The van der Waals surface area contributed by atoms with Crippen LogP contribution in [0.2, 0.25) is 0 Å². The summed E-state index contributed by atoms with van der Waals surface area (Å²) >= 11 is 0. The summed E-state index contributed by atoms with van der Waals surface area (Å²) in [5, 5.41) is 0. The van der Waals surface area contributed by atoms with E-state index in [0.717, 1.165) is 59.8 Å². The summed E-state index contributed by atoms with van der Waals surface area (Å²) in [5.74, 6) is 1.95. The molecule has 0 heterocycles. The summed E-state index contributed by atoms with van der Waals surface area (Å²) in [7, 11) is 0. The number of unbranched alkanes of at least 4 members (excludes halogenated alkanes) is 14. The van der Waals surface area contributed by atoms with Crippen molar-refractivity contribution in [3.05, 3.63) is 97.1 Å². The van der Waals surface area contributed by atoms with Crippen molar-refractivity contribution in [1.29, 1.82) is 0 Å². The monoisotopic (exact) mass is 748 g/mol. The highest BCUT2D eigenvalue weighted by atomic mass is 16.5. The number of rotatable bonds is 28. The van der Waals surface area contributed by atoms with Gasteiger partial charge in [-0.25, -0.2) is 0 Å². The molecule has 0 saturated heterocycles. The Morgan fingerprint density at radius 1 is 0.345 bits per heavy atom. The molecule has 0 N–H and O–H groups in total. The smallest absolute Gasteiger partial charge is 0.311 e. The number of hydrogen-bond acceptors (Lipinski definition) is 6. The molecule has 0 fully saturated rings. The van der Waals surface area contributed by atoms with Gasteiger partial charge in [0.2, 0.25) is 0 Å². The molecule has 0 amide bonds. The van der Waals surface area contributed by atoms with Gasteiger partial charge in [0, 0.05) is 12.8 Å². The van der Waals surface area contributed by atoms with E-state index in [1.165, 1.54) is 89.9 Å². The maximum atomic E-state index is 12.5. The quantitative estimate of drug-likeness (QED) is 0.0327. The number of esters is 2. The Hall–Kier alpha value is -4.58. The zero-order valence-electron chi connectivity index (χ0n) is 33.5. The molecule has 6 heteroatoms. The second-order valence-electron chi connectivity index (χ2n) is 14.5. The fraction of sp³-hybridized carbons (Fsp3) is 0.469. The van der Waals surface area contributed by atoms with Gasteiger partial charge in [0.15, 0.2) is 0 Å². The topological polar surface area (TPSA) is 71.1 Å². The summed E-state index contributed by atoms with van der Waals surface area (Å²) in [6.07, 6.45) is 21.1. The van der Waals surface area contributed by atoms with E-state index >= 15 is 0 Å². The minimum atomic E-state index is -0.382. The van der Waals surface area contributed by atoms with Crippen LogP contribution in [-0.4, -0.2) is 25.2 Å². The molecule has 296 valence electrons. The van der Waals surface area contributed by atoms with Gasteiger partial charge >= 0.3 is 11.9 Å². The normalized spacial score (nSPS) is 10.9. The van der Waals surface area contributed by atoms with Crippen molar-refractivity contribution in [3.8, 4) is 45.3 Å². The minimum absolute atomic E-state index is 0.120. The molecular formula is C49H64O6. The fourth-order valence-electron chi connectivity index (χ4n) is 6.51. The van der Waals surface area contributed by atoms with Crippen LogP contribution in [0.15, 0.2) is 97.1 Å². The number of carbonyl (C=O) groups excluding carboxylic acids is 2. The molecule has 4 rings (SSSR count). The van der Waals surface area contributed by atoms with Crippen LogP contribution in [0.25, 0.3) is 22.3 Å². The minimum Gasteiger partial charge on any atom is -0.494 e. The third-order valence-electron chi connectivity index (χ3n) is 9.84. The van der Waals surface area contributed by atoms with E-state index in [4.69, 9.17) is 18.9 Å². The second-order valence-corrected chi connectivity index (χ2v) is 14.5. The molecule has 0 unspecified atom stereocenters. The maximum absolute atomic E-state index is 12.5. The Bertz CT molecular complexity index is 1490. The molecule has 0 bridgehead atoms. The molecular weight excluding hydrogens is 685 g/mol. The summed E-state index contributed by atoms with van der Waals surface area (Å²) in [6.45, 7) is 6.00. The van der Waals surface area contributed by atoms with Crippen LogP contribution in [0.4, 0.5) is 0 Å². The highest BCUT2D eigenvalue weighted by Crippen LogP contribution is 2.27. The SMILES string of the molecule is CCCCCCCCCCOc1ccc(-c2ccc(OC(=O)CCCC(=O)Oc3ccc(-c4ccc(OCCCCCCCCCC)cc4)cc3)cc2)cc1. The Morgan fingerprint density at radius 2 is 0.618 bits per heavy atom. The molecule has 0 aromatic heterocycles. The van der Waals surface area contributed by atoms with Gasteiger partial charge in [0.25, 0.3) is 0 Å². The van der Waals surface area contributed by atoms with Crippen molar-refractivity contribution in [1.82, 2.24) is 0 Å². The van der Waals surface area contributed by atoms with Crippen LogP contribution in [0.1, 0.15) is 136 Å². The standard InChI is InChI=1S/C49H64O6/c1-3-5-7-9-11-13-15-17-38-52-44-30-22-40(23-31-44)42-26-34-46(35-27-42)54-48(50)20-19-21-49(51)55-47-36-28-43(29-37-47)41-24-32-45(33-25-41)53-39-18-16-14-12-10-8-6-4-2/h22-37H,3-21,38-39H2,1-2H3. The third kappa shape index (κ3) is 17.6. The number of ether oxygens (including phenoxy) is 4. The van der Waals surface area contributed by atoms with E-state index in [9.17, 15) is 9.59 Å². The Kier molecular flexibility index (Phi) is 20.6. The van der Waals surface area contributed by atoms with Gasteiger partial charge in [-0.1, -0.05) is 152 Å². The molecule has 55 heavy (non-hydrogen) atoms. The molecule has 0 saturated carbocycles. The number of hydrogen-bond donors (Lipinski definition) is 0. The highest BCUT2D eigenvalue weighted by molar-refractivity contribution is 5.76. The number of benzene rings is 4. The lowest BCUT2D eigenvalue weighted by Crippen LogP contribution is -2.11. The van der Waals surface area contributed by atoms with E-state index in [1.807, 2.05) is 72.8 Å². The summed E-state index contributed by atoms with van der Waals surface area (Å²) in [4.78, 5) is 24.9. The van der Waals surface area contributed by atoms with Crippen molar-refractivity contribution in [2.24, 2.45) is 0 Å². The maximum Gasteiger partial charge on any atom is 0.311 e. The molecule has 0 aliphatic heterocycles.